The summed E-state index contributed by atoms with van der Waals surface area (Å²) in [4.78, 5) is 10.8. The van der Waals surface area contributed by atoms with E-state index in [0.29, 0.717) is 12.7 Å². The van der Waals surface area contributed by atoms with E-state index in [4.69, 9.17) is 14.4 Å². The largest absolute Gasteiger partial charge is 0.480 e. The summed E-state index contributed by atoms with van der Waals surface area (Å²) in [5.74, 6) is -1.68. The van der Waals surface area contributed by atoms with Crippen molar-refractivity contribution in [3.63, 3.8) is 0 Å². The molecule has 6 nitrogen and oxygen atoms in total. The summed E-state index contributed by atoms with van der Waals surface area (Å²) in [6.07, 6.45) is -4.93. The van der Waals surface area contributed by atoms with Gasteiger partial charge < -0.3 is 14.4 Å². The second-order valence-electron chi connectivity index (χ2n) is 4.00. The molecule has 9 heteroatoms. The minimum absolute atomic E-state index is 0.127. The zero-order valence-corrected chi connectivity index (χ0v) is 10.2. The maximum atomic E-state index is 12.7. The summed E-state index contributed by atoms with van der Waals surface area (Å²) in [5, 5.41) is 14.1. The SMILES string of the molecule is COCc1cc(CNC(C)(C(=O)O)C(F)(F)F)no1. The third-order valence-electron chi connectivity index (χ3n) is 2.51. The van der Waals surface area contributed by atoms with Crippen LogP contribution in [0, 0.1) is 0 Å². The Bertz CT molecular complexity index is 446. The topological polar surface area (TPSA) is 84.6 Å². The van der Waals surface area contributed by atoms with E-state index in [1.807, 2.05) is 5.32 Å². The monoisotopic (exact) mass is 282 g/mol. The Morgan fingerprint density at radius 2 is 2.21 bits per heavy atom. The predicted octanol–water partition coefficient (Wildman–Crippen LogP) is 1.32. The van der Waals surface area contributed by atoms with Crippen molar-refractivity contribution in [1.29, 1.82) is 0 Å². The van der Waals surface area contributed by atoms with Crippen LogP contribution >= 0.6 is 0 Å². The van der Waals surface area contributed by atoms with Gasteiger partial charge >= 0.3 is 12.1 Å². The van der Waals surface area contributed by atoms with Crippen LogP contribution in [0.15, 0.2) is 10.6 Å². The molecule has 0 saturated heterocycles. The zero-order chi connectivity index (χ0) is 14.7. The molecule has 0 amide bonds. The molecule has 0 aliphatic rings. The van der Waals surface area contributed by atoms with E-state index in [1.165, 1.54) is 13.2 Å². The van der Waals surface area contributed by atoms with Crippen LogP contribution in [0.2, 0.25) is 0 Å². The highest BCUT2D eigenvalue weighted by Gasteiger charge is 2.57. The molecule has 108 valence electrons. The number of aliphatic carboxylic acids is 1. The summed E-state index contributed by atoms with van der Waals surface area (Å²) in [6, 6.07) is 1.38. The van der Waals surface area contributed by atoms with E-state index >= 15 is 0 Å². The molecule has 1 atom stereocenters. The summed E-state index contributed by atoms with van der Waals surface area (Å²) in [6.45, 7) is 0.281. The quantitative estimate of drug-likeness (QED) is 0.818. The predicted molar refractivity (Wildman–Crippen MR) is 56.2 cm³/mol. The molecule has 1 rings (SSSR count). The van der Waals surface area contributed by atoms with Crippen molar-refractivity contribution >= 4 is 5.97 Å². The lowest BCUT2D eigenvalue weighted by Gasteiger charge is -2.28. The number of halogens is 3. The Hall–Kier alpha value is -1.61. The Morgan fingerprint density at radius 1 is 1.58 bits per heavy atom. The standard InChI is InChI=1S/C10H13F3N2O4/c1-9(8(16)17,10(11,12)13)14-4-6-3-7(5-18-2)19-15-6/h3,14H,4-5H2,1-2H3,(H,16,17). The van der Waals surface area contributed by atoms with Crippen molar-refractivity contribution < 1.29 is 32.3 Å². The summed E-state index contributed by atoms with van der Waals surface area (Å²) < 4.78 is 47.6. The van der Waals surface area contributed by atoms with E-state index in [9.17, 15) is 18.0 Å². The van der Waals surface area contributed by atoms with Crippen LogP contribution in [0.5, 0.6) is 0 Å². The number of carboxylic acids is 1. The zero-order valence-electron chi connectivity index (χ0n) is 10.2. The van der Waals surface area contributed by atoms with E-state index in [0.717, 1.165) is 0 Å². The fourth-order valence-corrected chi connectivity index (χ4v) is 1.21. The van der Waals surface area contributed by atoms with Gasteiger partial charge in [-0.15, -0.1) is 0 Å². The first-order valence-corrected chi connectivity index (χ1v) is 5.19. The average molecular weight is 282 g/mol. The van der Waals surface area contributed by atoms with Crippen LogP contribution in [0.25, 0.3) is 0 Å². The molecule has 0 fully saturated rings. The number of ether oxygens (including phenoxy) is 1. The summed E-state index contributed by atoms with van der Waals surface area (Å²) >= 11 is 0. The molecule has 0 aliphatic heterocycles. The molecular weight excluding hydrogens is 269 g/mol. The molecular formula is C10H13F3N2O4. The molecule has 0 aliphatic carbocycles. The molecule has 1 unspecified atom stereocenters. The number of rotatable bonds is 6. The fourth-order valence-electron chi connectivity index (χ4n) is 1.21. The molecule has 1 aromatic heterocycles. The van der Waals surface area contributed by atoms with Crippen molar-refractivity contribution in [1.82, 2.24) is 10.5 Å². The van der Waals surface area contributed by atoms with E-state index < -0.39 is 24.2 Å². The van der Waals surface area contributed by atoms with Gasteiger partial charge in [-0.05, 0) is 6.92 Å². The number of carboxylic acid groups (broad SMARTS) is 1. The van der Waals surface area contributed by atoms with Gasteiger partial charge in [-0.3, -0.25) is 5.32 Å². The van der Waals surface area contributed by atoms with Gasteiger partial charge in [0.25, 0.3) is 0 Å². The Morgan fingerprint density at radius 3 is 2.68 bits per heavy atom. The first-order chi connectivity index (χ1) is 8.70. The van der Waals surface area contributed by atoms with Crippen molar-refractivity contribution in [2.24, 2.45) is 0 Å². The first-order valence-electron chi connectivity index (χ1n) is 5.19. The van der Waals surface area contributed by atoms with Gasteiger partial charge in [-0.2, -0.15) is 13.2 Å². The number of carbonyl (C=O) groups is 1. The Labute approximate surface area is 106 Å². The van der Waals surface area contributed by atoms with Crippen molar-refractivity contribution in [3.05, 3.63) is 17.5 Å². The molecule has 0 saturated carbocycles. The third kappa shape index (κ3) is 3.44. The highest BCUT2D eigenvalue weighted by molar-refractivity contribution is 5.79. The number of alkyl halides is 3. The Balaban J connectivity index is 2.74. The van der Waals surface area contributed by atoms with Gasteiger partial charge in [0, 0.05) is 19.7 Å². The lowest BCUT2D eigenvalue weighted by molar-refractivity contribution is -0.206. The number of hydrogen-bond donors (Lipinski definition) is 2. The molecule has 0 spiro atoms. The van der Waals surface area contributed by atoms with Crippen LogP contribution < -0.4 is 5.32 Å². The fraction of sp³-hybridized carbons (Fsp3) is 0.600. The van der Waals surface area contributed by atoms with Crippen LogP contribution in [0.1, 0.15) is 18.4 Å². The highest BCUT2D eigenvalue weighted by atomic mass is 19.4. The molecule has 19 heavy (non-hydrogen) atoms. The lowest BCUT2D eigenvalue weighted by atomic mass is 10.0. The number of hydrogen-bond acceptors (Lipinski definition) is 5. The second kappa shape index (κ2) is 5.57. The highest BCUT2D eigenvalue weighted by Crippen LogP contribution is 2.30. The van der Waals surface area contributed by atoms with Crippen LogP contribution in [-0.4, -0.2) is 35.1 Å². The summed E-state index contributed by atoms with van der Waals surface area (Å²) in [7, 11) is 1.42. The molecule has 0 aromatic carbocycles. The van der Waals surface area contributed by atoms with Crippen LogP contribution in [-0.2, 0) is 22.7 Å². The minimum Gasteiger partial charge on any atom is -0.480 e. The lowest BCUT2D eigenvalue weighted by Crippen LogP contribution is -2.59. The van der Waals surface area contributed by atoms with E-state index in [2.05, 4.69) is 5.16 Å². The number of aromatic nitrogens is 1. The number of nitrogens with one attached hydrogen (secondary N) is 1. The molecule has 1 heterocycles. The average Bonchev–Trinajstić information content (AvgIpc) is 2.72. The normalized spacial score (nSPS) is 15.2. The van der Waals surface area contributed by atoms with Crippen molar-refractivity contribution in [3.8, 4) is 0 Å². The smallest absolute Gasteiger partial charge is 0.417 e. The van der Waals surface area contributed by atoms with Gasteiger partial charge in [0.1, 0.15) is 6.61 Å². The van der Waals surface area contributed by atoms with E-state index in [-0.39, 0.29) is 12.3 Å². The third-order valence-corrected chi connectivity index (χ3v) is 2.51. The van der Waals surface area contributed by atoms with Gasteiger partial charge in [-0.25, -0.2) is 4.79 Å². The van der Waals surface area contributed by atoms with Crippen LogP contribution in [0.3, 0.4) is 0 Å². The van der Waals surface area contributed by atoms with Crippen LogP contribution in [0.4, 0.5) is 13.2 Å². The van der Waals surface area contributed by atoms with Gasteiger partial charge in [0.05, 0.1) is 5.69 Å². The summed E-state index contributed by atoms with van der Waals surface area (Å²) in [5.41, 5.74) is -2.89. The molecule has 1 aromatic rings. The van der Waals surface area contributed by atoms with Gasteiger partial charge in [0.2, 0.25) is 5.54 Å². The molecule has 0 bridgehead atoms. The number of methoxy groups -OCH3 is 1. The maximum absolute atomic E-state index is 12.7. The number of nitrogens with zero attached hydrogens (tertiary/aromatic N) is 1. The van der Waals surface area contributed by atoms with Gasteiger partial charge in [0.15, 0.2) is 5.76 Å². The second-order valence-corrected chi connectivity index (χ2v) is 4.00. The minimum atomic E-state index is -4.93. The van der Waals surface area contributed by atoms with E-state index in [1.54, 1.807) is 0 Å². The maximum Gasteiger partial charge on any atom is 0.417 e. The first kappa shape index (κ1) is 15.4. The van der Waals surface area contributed by atoms with Gasteiger partial charge in [-0.1, -0.05) is 5.16 Å². The molecule has 0 radical (unpaired) electrons. The molecule has 2 N–H and O–H groups in total. The van der Waals surface area contributed by atoms with Crippen molar-refractivity contribution in [2.45, 2.75) is 31.8 Å². The Kier molecular flexibility index (Phi) is 4.53. The van der Waals surface area contributed by atoms with Crippen molar-refractivity contribution in [2.75, 3.05) is 7.11 Å².